The molecule has 0 aromatic heterocycles. The van der Waals surface area contributed by atoms with Gasteiger partial charge in [-0.1, -0.05) is 31.0 Å². The lowest BCUT2D eigenvalue weighted by molar-refractivity contribution is 0.386. The van der Waals surface area contributed by atoms with E-state index >= 15 is 0 Å². The van der Waals surface area contributed by atoms with Crippen LogP contribution in [0.5, 0.6) is 0 Å². The van der Waals surface area contributed by atoms with Crippen LogP contribution in [0.2, 0.25) is 5.02 Å². The third kappa shape index (κ3) is 3.14. The summed E-state index contributed by atoms with van der Waals surface area (Å²) in [5.74, 6) is 0. The van der Waals surface area contributed by atoms with Crippen molar-refractivity contribution in [3.05, 3.63) is 29.3 Å². The summed E-state index contributed by atoms with van der Waals surface area (Å²) in [5, 5.41) is 4.43. The quantitative estimate of drug-likeness (QED) is 0.888. The zero-order chi connectivity index (χ0) is 12.3. The Balaban J connectivity index is 2.12. The van der Waals surface area contributed by atoms with Gasteiger partial charge >= 0.3 is 0 Å². The predicted octanol–water partition coefficient (Wildman–Crippen LogP) is 3.31. The van der Waals surface area contributed by atoms with Crippen LogP contribution in [-0.2, 0) is 0 Å². The first kappa shape index (κ1) is 12.7. The van der Waals surface area contributed by atoms with Crippen LogP contribution in [0, 0.1) is 0 Å². The van der Waals surface area contributed by atoms with Gasteiger partial charge in [-0.2, -0.15) is 0 Å². The fourth-order valence-electron chi connectivity index (χ4n) is 2.49. The minimum absolute atomic E-state index is 0.529. The van der Waals surface area contributed by atoms with E-state index in [-0.39, 0.29) is 0 Å². The van der Waals surface area contributed by atoms with Gasteiger partial charge in [0, 0.05) is 35.9 Å². The standard InChI is InChI=1S/C14H21ClN2/c1-3-5-13-10-17(11(2)9-16-13)14-7-4-6-12(15)8-14/h4,6-8,11,13,16H,3,5,9-10H2,1-2H3. The Morgan fingerprint density at radius 2 is 2.29 bits per heavy atom. The number of piperazine rings is 1. The summed E-state index contributed by atoms with van der Waals surface area (Å²) in [6.07, 6.45) is 2.47. The number of benzene rings is 1. The Kier molecular flexibility index (Phi) is 4.30. The van der Waals surface area contributed by atoms with Crippen molar-refractivity contribution < 1.29 is 0 Å². The zero-order valence-corrected chi connectivity index (χ0v) is 11.4. The van der Waals surface area contributed by atoms with Crippen LogP contribution in [0.3, 0.4) is 0 Å². The second kappa shape index (κ2) is 5.74. The third-order valence-corrected chi connectivity index (χ3v) is 3.66. The normalized spacial score (nSPS) is 25.0. The van der Waals surface area contributed by atoms with Crippen LogP contribution in [0.1, 0.15) is 26.7 Å². The number of halogens is 1. The predicted molar refractivity (Wildman–Crippen MR) is 75.0 cm³/mol. The van der Waals surface area contributed by atoms with Crippen molar-refractivity contribution in [3.63, 3.8) is 0 Å². The highest BCUT2D eigenvalue weighted by Crippen LogP contribution is 2.23. The fraction of sp³-hybridized carbons (Fsp3) is 0.571. The highest BCUT2D eigenvalue weighted by Gasteiger charge is 2.24. The SMILES string of the molecule is CCCC1CN(c2cccc(Cl)c2)C(C)CN1. The lowest BCUT2D eigenvalue weighted by atomic mass is 10.1. The van der Waals surface area contributed by atoms with Gasteiger partial charge in [-0.15, -0.1) is 0 Å². The topological polar surface area (TPSA) is 15.3 Å². The van der Waals surface area contributed by atoms with E-state index in [0.717, 1.165) is 18.1 Å². The van der Waals surface area contributed by atoms with E-state index in [2.05, 4.69) is 36.2 Å². The molecule has 2 atom stereocenters. The molecule has 2 nitrogen and oxygen atoms in total. The first-order valence-electron chi connectivity index (χ1n) is 6.46. The Labute approximate surface area is 109 Å². The highest BCUT2D eigenvalue weighted by molar-refractivity contribution is 6.30. The van der Waals surface area contributed by atoms with E-state index < -0.39 is 0 Å². The number of anilines is 1. The maximum absolute atomic E-state index is 6.07. The largest absolute Gasteiger partial charge is 0.366 e. The smallest absolute Gasteiger partial charge is 0.0426 e. The van der Waals surface area contributed by atoms with Crippen molar-refractivity contribution in [2.24, 2.45) is 0 Å². The van der Waals surface area contributed by atoms with E-state index in [1.807, 2.05) is 12.1 Å². The molecule has 0 saturated carbocycles. The summed E-state index contributed by atoms with van der Waals surface area (Å²) in [6, 6.07) is 9.31. The molecule has 0 spiro atoms. The summed E-state index contributed by atoms with van der Waals surface area (Å²) >= 11 is 6.07. The molecule has 2 rings (SSSR count). The summed E-state index contributed by atoms with van der Waals surface area (Å²) < 4.78 is 0. The molecule has 1 aliphatic heterocycles. The van der Waals surface area contributed by atoms with E-state index in [0.29, 0.717) is 12.1 Å². The minimum atomic E-state index is 0.529. The van der Waals surface area contributed by atoms with Crippen LogP contribution in [0.25, 0.3) is 0 Å². The van der Waals surface area contributed by atoms with Crippen molar-refractivity contribution in [2.75, 3.05) is 18.0 Å². The number of nitrogens with one attached hydrogen (secondary N) is 1. The van der Waals surface area contributed by atoms with Crippen LogP contribution in [0.4, 0.5) is 5.69 Å². The van der Waals surface area contributed by atoms with Crippen LogP contribution in [0.15, 0.2) is 24.3 Å². The van der Waals surface area contributed by atoms with Gasteiger partial charge in [-0.05, 0) is 31.5 Å². The van der Waals surface area contributed by atoms with Crippen molar-refractivity contribution in [3.8, 4) is 0 Å². The van der Waals surface area contributed by atoms with Gasteiger partial charge in [0.15, 0.2) is 0 Å². The maximum atomic E-state index is 6.07. The molecule has 0 amide bonds. The minimum Gasteiger partial charge on any atom is -0.366 e. The average molecular weight is 253 g/mol. The number of hydrogen-bond acceptors (Lipinski definition) is 2. The van der Waals surface area contributed by atoms with E-state index in [1.54, 1.807) is 0 Å². The molecule has 2 unspecified atom stereocenters. The number of nitrogens with zero attached hydrogens (tertiary/aromatic N) is 1. The second-order valence-corrected chi connectivity index (χ2v) is 5.31. The molecule has 3 heteroatoms. The lowest BCUT2D eigenvalue weighted by Gasteiger charge is -2.40. The van der Waals surface area contributed by atoms with Gasteiger partial charge < -0.3 is 10.2 Å². The molecule has 1 aliphatic rings. The molecule has 1 saturated heterocycles. The van der Waals surface area contributed by atoms with Crippen molar-refractivity contribution in [1.82, 2.24) is 5.32 Å². The fourth-order valence-corrected chi connectivity index (χ4v) is 2.67. The molecule has 1 aromatic rings. The summed E-state index contributed by atoms with van der Waals surface area (Å²) in [6.45, 7) is 6.63. The van der Waals surface area contributed by atoms with Gasteiger partial charge in [-0.3, -0.25) is 0 Å². The van der Waals surface area contributed by atoms with E-state index in [4.69, 9.17) is 11.6 Å². The van der Waals surface area contributed by atoms with Gasteiger partial charge in [0.25, 0.3) is 0 Å². The summed E-state index contributed by atoms with van der Waals surface area (Å²) in [7, 11) is 0. The van der Waals surface area contributed by atoms with Gasteiger partial charge in [0.1, 0.15) is 0 Å². The third-order valence-electron chi connectivity index (χ3n) is 3.43. The van der Waals surface area contributed by atoms with Crippen LogP contribution >= 0.6 is 11.6 Å². The first-order valence-corrected chi connectivity index (χ1v) is 6.84. The average Bonchev–Trinajstić information content (AvgIpc) is 2.32. The number of rotatable bonds is 3. The second-order valence-electron chi connectivity index (χ2n) is 4.88. The van der Waals surface area contributed by atoms with E-state index in [1.165, 1.54) is 18.5 Å². The lowest BCUT2D eigenvalue weighted by Crippen LogP contribution is -2.55. The summed E-state index contributed by atoms with van der Waals surface area (Å²) in [5.41, 5.74) is 1.24. The van der Waals surface area contributed by atoms with Crippen LogP contribution < -0.4 is 10.2 Å². The van der Waals surface area contributed by atoms with Gasteiger partial charge in [-0.25, -0.2) is 0 Å². The number of hydrogen-bond donors (Lipinski definition) is 1. The molecule has 1 heterocycles. The first-order chi connectivity index (χ1) is 8.20. The van der Waals surface area contributed by atoms with Crippen molar-refractivity contribution in [2.45, 2.75) is 38.8 Å². The molecule has 1 N–H and O–H groups in total. The Bertz CT molecular complexity index is 367. The summed E-state index contributed by atoms with van der Waals surface area (Å²) in [4.78, 5) is 2.46. The molecule has 1 aromatic carbocycles. The highest BCUT2D eigenvalue weighted by atomic mass is 35.5. The Hall–Kier alpha value is -0.730. The molecular weight excluding hydrogens is 232 g/mol. The molecular formula is C14H21ClN2. The zero-order valence-electron chi connectivity index (χ0n) is 10.6. The van der Waals surface area contributed by atoms with Crippen molar-refractivity contribution >= 4 is 17.3 Å². The molecule has 0 radical (unpaired) electrons. The molecule has 0 aliphatic carbocycles. The Morgan fingerprint density at radius 1 is 1.47 bits per heavy atom. The van der Waals surface area contributed by atoms with Gasteiger partial charge in [0.2, 0.25) is 0 Å². The molecule has 0 bridgehead atoms. The van der Waals surface area contributed by atoms with Crippen molar-refractivity contribution in [1.29, 1.82) is 0 Å². The monoisotopic (exact) mass is 252 g/mol. The van der Waals surface area contributed by atoms with Gasteiger partial charge in [0.05, 0.1) is 0 Å². The van der Waals surface area contributed by atoms with E-state index in [9.17, 15) is 0 Å². The molecule has 94 valence electrons. The molecule has 17 heavy (non-hydrogen) atoms. The maximum Gasteiger partial charge on any atom is 0.0426 e. The molecule has 1 fully saturated rings. The Morgan fingerprint density at radius 3 is 3.00 bits per heavy atom. The van der Waals surface area contributed by atoms with Crippen LogP contribution in [-0.4, -0.2) is 25.2 Å².